The fourth-order valence-corrected chi connectivity index (χ4v) is 1.76. The van der Waals surface area contributed by atoms with E-state index in [9.17, 15) is 9.90 Å². The molecule has 4 heteroatoms. The molecule has 0 atom stereocenters. The molecule has 1 N–H and O–H groups in total. The molecular formula is C15H15NO3. The topological polar surface area (TPSA) is 59.4 Å². The Balaban J connectivity index is 2.45. The Kier molecular flexibility index (Phi) is 3.80. The molecule has 0 bridgehead atoms. The summed E-state index contributed by atoms with van der Waals surface area (Å²) in [6.45, 7) is 4.21. The SMILES string of the molecule is CCOc1cnc(-c2ccc(C)cc2)cc1C(=O)O. The van der Waals surface area contributed by atoms with Crippen LogP contribution in [0.4, 0.5) is 0 Å². The van der Waals surface area contributed by atoms with Crippen LogP contribution in [0.15, 0.2) is 36.5 Å². The second-order valence-electron chi connectivity index (χ2n) is 4.17. The van der Waals surface area contributed by atoms with Crippen molar-refractivity contribution in [1.82, 2.24) is 4.98 Å². The van der Waals surface area contributed by atoms with Crippen LogP contribution >= 0.6 is 0 Å². The zero-order valence-corrected chi connectivity index (χ0v) is 10.9. The van der Waals surface area contributed by atoms with Crippen LogP contribution < -0.4 is 4.74 Å². The van der Waals surface area contributed by atoms with Crippen LogP contribution in [-0.4, -0.2) is 22.7 Å². The second kappa shape index (κ2) is 5.52. The highest BCUT2D eigenvalue weighted by Crippen LogP contribution is 2.24. The Hall–Kier alpha value is -2.36. The van der Waals surface area contributed by atoms with Gasteiger partial charge in [-0.15, -0.1) is 0 Å². The van der Waals surface area contributed by atoms with E-state index in [1.54, 1.807) is 6.92 Å². The minimum atomic E-state index is -1.01. The molecule has 19 heavy (non-hydrogen) atoms. The van der Waals surface area contributed by atoms with Gasteiger partial charge in [-0.25, -0.2) is 4.79 Å². The average molecular weight is 257 g/mol. The Morgan fingerprint density at radius 1 is 1.32 bits per heavy atom. The zero-order chi connectivity index (χ0) is 13.8. The summed E-state index contributed by atoms with van der Waals surface area (Å²) in [5.41, 5.74) is 2.79. The van der Waals surface area contributed by atoms with E-state index in [0.29, 0.717) is 18.1 Å². The highest BCUT2D eigenvalue weighted by Gasteiger charge is 2.13. The minimum Gasteiger partial charge on any atom is -0.491 e. The Labute approximate surface area is 111 Å². The summed E-state index contributed by atoms with van der Waals surface area (Å²) < 4.78 is 5.26. The number of hydrogen-bond acceptors (Lipinski definition) is 3. The van der Waals surface area contributed by atoms with Crippen molar-refractivity contribution in [1.29, 1.82) is 0 Å². The standard InChI is InChI=1S/C15H15NO3/c1-3-19-14-9-16-13(8-12(14)15(17)18)11-6-4-10(2)5-7-11/h4-9H,3H2,1-2H3,(H,17,18). The summed E-state index contributed by atoms with van der Waals surface area (Å²) in [6, 6.07) is 9.31. The molecule has 0 spiro atoms. The number of hydrogen-bond donors (Lipinski definition) is 1. The van der Waals surface area contributed by atoms with E-state index in [4.69, 9.17) is 4.74 Å². The molecule has 0 aliphatic carbocycles. The first-order valence-electron chi connectivity index (χ1n) is 6.05. The van der Waals surface area contributed by atoms with E-state index in [0.717, 1.165) is 11.1 Å². The quantitative estimate of drug-likeness (QED) is 0.914. The number of aromatic nitrogens is 1. The third kappa shape index (κ3) is 2.91. The number of rotatable bonds is 4. The molecule has 1 aromatic heterocycles. The summed E-state index contributed by atoms with van der Waals surface area (Å²) in [6.07, 6.45) is 1.46. The highest BCUT2D eigenvalue weighted by molar-refractivity contribution is 5.92. The van der Waals surface area contributed by atoms with Crippen LogP contribution in [0.1, 0.15) is 22.8 Å². The number of nitrogens with zero attached hydrogens (tertiary/aromatic N) is 1. The van der Waals surface area contributed by atoms with Crippen molar-refractivity contribution in [2.45, 2.75) is 13.8 Å². The lowest BCUT2D eigenvalue weighted by Crippen LogP contribution is -2.04. The molecule has 0 unspecified atom stereocenters. The van der Waals surface area contributed by atoms with E-state index in [-0.39, 0.29) is 5.56 Å². The molecule has 1 aromatic carbocycles. The average Bonchev–Trinajstić information content (AvgIpc) is 2.40. The predicted molar refractivity (Wildman–Crippen MR) is 72.5 cm³/mol. The first-order valence-corrected chi connectivity index (χ1v) is 6.05. The third-order valence-corrected chi connectivity index (χ3v) is 2.74. The van der Waals surface area contributed by atoms with Crippen LogP contribution in [0.5, 0.6) is 5.75 Å². The first kappa shape index (κ1) is 13.1. The number of carboxylic acid groups (broad SMARTS) is 1. The van der Waals surface area contributed by atoms with Gasteiger partial charge in [-0.1, -0.05) is 29.8 Å². The first-order chi connectivity index (χ1) is 9.11. The Morgan fingerprint density at radius 2 is 2.00 bits per heavy atom. The molecule has 0 saturated heterocycles. The maximum Gasteiger partial charge on any atom is 0.339 e. The molecular weight excluding hydrogens is 242 g/mol. The minimum absolute atomic E-state index is 0.132. The summed E-state index contributed by atoms with van der Waals surface area (Å²) in [5.74, 6) is -0.718. The lowest BCUT2D eigenvalue weighted by Gasteiger charge is -2.08. The summed E-state index contributed by atoms with van der Waals surface area (Å²) in [4.78, 5) is 15.5. The molecule has 0 aliphatic rings. The molecule has 0 fully saturated rings. The molecule has 4 nitrogen and oxygen atoms in total. The number of aryl methyl sites for hydroxylation is 1. The number of pyridine rings is 1. The van der Waals surface area contributed by atoms with Crippen molar-refractivity contribution in [3.63, 3.8) is 0 Å². The fraction of sp³-hybridized carbons (Fsp3) is 0.200. The van der Waals surface area contributed by atoms with E-state index in [1.165, 1.54) is 12.3 Å². The largest absolute Gasteiger partial charge is 0.491 e. The van der Waals surface area contributed by atoms with E-state index in [2.05, 4.69) is 4.98 Å². The normalized spacial score (nSPS) is 10.2. The summed E-state index contributed by atoms with van der Waals surface area (Å²) in [7, 11) is 0. The number of carboxylic acids is 1. The summed E-state index contributed by atoms with van der Waals surface area (Å²) in [5, 5.41) is 9.20. The predicted octanol–water partition coefficient (Wildman–Crippen LogP) is 3.15. The highest BCUT2D eigenvalue weighted by atomic mass is 16.5. The van der Waals surface area contributed by atoms with Crippen molar-refractivity contribution in [2.24, 2.45) is 0 Å². The van der Waals surface area contributed by atoms with E-state index < -0.39 is 5.97 Å². The third-order valence-electron chi connectivity index (χ3n) is 2.74. The molecule has 0 amide bonds. The van der Waals surface area contributed by atoms with Gasteiger partial charge in [0.15, 0.2) is 5.75 Å². The smallest absolute Gasteiger partial charge is 0.339 e. The number of aromatic carboxylic acids is 1. The van der Waals surface area contributed by atoms with E-state index in [1.807, 2.05) is 31.2 Å². The van der Waals surface area contributed by atoms with Crippen LogP contribution in [0.25, 0.3) is 11.3 Å². The Morgan fingerprint density at radius 3 is 2.58 bits per heavy atom. The van der Waals surface area contributed by atoms with Gasteiger partial charge in [0, 0.05) is 5.56 Å². The molecule has 0 aliphatic heterocycles. The number of benzene rings is 1. The van der Waals surface area contributed by atoms with Crippen LogP contribution in [0.2, 0.25) is 0 Å². The maximum absolute atomic E-state index is 11.2. The van der Waals surface area contributed by atoms with Gasteiger partial charge in [0.2, 0.25) is 0 Å². The van der Waals surface area contributed by atoms with Gasteiger partial charge in [-0.05, 0) is 19.9 Å². The van der Waals surface area contributed by atoms with Gasteiger partial charge in [0.25, 0.3) is 0 Å². The van der Waals surface area contributed by atoms with Gasteiger partial charge in [0.05, 0.1) is 18.5 Å². The number of ether oxygens (including phenoxy) is 1. The lowest BCUT2D eigenvalue weighted by molar-refractivity contribution is 0.0692. The monoisotopic (exact) mass is 257 g/mol. The van der Waals surface area contributed by atoms with Crippen LogP contribution in [0, 0.1) is 6.92 Å². The molecule has 0 saturated carbocycles. The molecule has 1 heterocycles. The van der Waals surface area contributed by atoms with Crippen molar-refractivity contribution < 1.29 is 14.6 Å². The van der Waals surface area contributed by atoms with Crippen LogP contribution in [-0.2, 0) is 0 Å². The van der Waals surface area contributed by atoms with Crippen LogP contribution in [0.3, 0.4) is 0 Å². The Bertz CT molecular complexity index is 591. The lowest BCUT2D eigenvalue weighted by atomic mass is 10.1. The van der Waals surface area contributed by atoms with Gasteiger partial charge < -0.3 is 9.84 Å². The fourth-order valence-electron chi connectivity index (χ4n) is 1.76. The van der Waals surface area contributed by atoms with Gasteiger partial charge in [0.1, 0.15) is 5.56 Å². The van der Waals surface area contributed by atoms with Crippen molar-refractivity contribution in [2.75, 3.05) is 6.61 Å². The maximum atomic E-state index is 11.2. The molecule has 2 rings (SSSR count). The van der Waals surface area contributed by atoms with Gasteiger partial charge in [-0.3, -0.25) is 4.98 Å². The molecule has 98 valence electrons. The summed E-state index contributed by atoms with van der Waals surface area (Å²) >= 11 is 0. The van der Waals surface area contributed by atoms with Gasteiger partial charge >= 0.3 is 5.97 Å². The second-order valence-corrected chi connectivity index (χ2v) is 4.17. The molecule has 0 radical (unpaired) electrons. The van der Waals surface area contributed by atoms with Gasteiger partial charge in [-0.2, -0.15) is 0 Å². The van der Waals surface area contributed by atoms with E-state index >= 15 is 0 Å². The van der Waals surface area contributed by atoms with Crippen molar-refractivity contribution in [3.05, 3.63) is 47.7 Å². The zero-order valence-electron chi connectivity index (χ0n) is 10.9. The van der Waals surface area contributed by atoms with Crippen molar-refractivity contribution in [3.8, 4) is 17.0 Å². The van der Waals surface area contributed by atoms with Crippen molar-refractivity contribution >= 4 is 5.97 Å². The number of carbonyl (C=O) groups is 1. The molecule has 2 aromatic rings.